The Balaban J connectivity index is 2.23. The van der Waals surface area contributed by atoms with Gasteiger partial charge in [0, 0.05) is 13.0 Å². The van der Waals surface area contributed by atoms with Crippen LogP contribution in [0.5, 0.6) is 0 Å². The fraction of sp³-hybridized carbons (Fsp3) is 0.750. The Hall–Kier alpha value is -0.540. The third-order valence-electron chi connectivity index (χ3n) is 1.54. The van der Waals surface area contributed by atoms with Crippen LogP contribution in [-0.2, 0) is 9.47 Å². The number of ether oxygens (including phenoxy) is 2. The van der Waals surface area contributed by atoms with Crippen LogP contribution in [0.15, 0.2) is 11.8 Å². The first-order valence-corrected chi connectivity index (χ1v) is 3.93. The van der Waals surface area contributed by atoms with E-state index in [1.54, 1.807) is 0 Å². The molecule has 1 atom stereocenters. The Morgan fingerprint density at radius 2 is 2.64 bits per heavy atom. The first kappa shape index (κ1) is 8.56. The second-order valence-corrected chi connectivity index (χ2v) is 2.42. The standard InChI is InChI=1S/C8H14O3/c1-2-10-6-7(9)8-4-3-5-11-8/h4,7,9H,2-3,5-6H2,1H3. The fourth-order valence-electron chi connectivity index (χ4n) is 0.981. The molecule has 1 aliphatic rings. The number of rotatable bonds is 4. The van der Waals surface area contributed by atoms with Crippen LogP contribution in [-0.4, -0.2) is 31.0 Å². The van der Waals surface area contributed by atoms with Gasteiger partial charge in [0.25, 0.3) is 0 Å². The lowest BCUT2D eigenvalue weighted by Gasteiger charge is -2.11. The van der Waals surface area contributed by atoms with E-state index in [0.29, 0.717) is 25.6 Å². The Labute approximate surface area is 66.6 Å². The normalized spacial score (nSPS) is 19.3. The molecule has 0 saturated heterocycles. The molecule has 64 valence electrons. The number of hydrogen-bond donors (Lipinski definition) is 1. The second kappa shape index (κ2) is 4.36. The molecule has 0 fully saturated rings. The van der Waals surface area contributed by atoms with Crippen molar-refractivity contribution < 1.29 is 14.6 Å². The minimum absolute atomic E-state index is 0.336. The van der Waals surface area contributed by atoms with E-state index in [2.05, 4.69) is 0 Å². The summed E-state index contributed by atoms with van der Waals surface area (Å²) in [6, 6.07) is 0. The average Bonchev–Trinajstić information content (AvgIpc) is 2.52. The van der Waals surface area contributed by atoms with Crippen LogP contribution >= 0.6 is 0 Å². The van der Waals surface area contributed by atoms with Crippen molar-refractivity contribution in [3.63, 3.8) is 0 Å². The SMILES string of the molecule is CCOCC(O)C1=CCCO1. The smallest absolute Gasteiger partial charge is 0.134 e. The minimum Gasteiger partial charge on any atom is -0.495 e. The highest BCUT2D eigenvalue weighted by Gasteiger charge is 2.15. The van der Waals surface area contributed by atoms with E-state index >= 15 is 0 Å². The van der Waals surface area contributed by atoms with Gasteiger partial charge in [-0.05, 0) is 13.0 Å². The van der Waals surface area contributed by atoms with Crippen molar-refractivity contribution in [3.8, 4) is 0 Å². The topological polar surface area (TPSA) is 38.7 Å². The monoisotopic (exact) mass is 158 g/mol. The van der Waals surface area contributed by atoms with Crippen molar-refractivity contribution in [2.24, 2.45) is 0 Å². The summed E-state index contributed by atoms with van der Waals surface area (Å²) in [6.45, 7) is 3.56. The number of hydrogen-bond acceptors (Lipinski definition) is 3. The fourth-order valence-corrected chi connectivity index (χ4v) is 0.981. The van der Waals surface area contributed by atoms with E-state index in [9.17, 15) is 5.11 Å². The number of aliphatic hydroxyl groups is 1. The van der Waals surface area contributed by atoms with Gasteiger partial charge in [-0.1, -0.05) is 0 Å². The molecule has 0 saturated carbocycles. The van der Waals surface area contributed by atoms with Crippen LogP contribution in [0, 0.1) is 0 Å². The molecular weight excluding hydrogens is 144 g/mol. The summed E-state index contributed by atoms with van der Waals surface area (Å²) >= 11 is 0. The maximum atomic E-state index is 9.36. The van der Waals surface area contributed by atoms with Crippen molar-refractivity contribution in [1.82, 2.24) is 0 Å². The summed E-state index contributed by atoms with van der Waals surface area (Å²) in [6.07, 6.45) is 2.24. The lowest BCUT2D eigenvalue weighted by molar-refractivity contribution is 0.0304. The van der Waals surface area contributed by atoms with Gasteiger partial charge in [0.1, 0.15) is 11.9 Å². The van der Waals surface area contributed by atoms with Crippen molar-refractivity contribution in [2.75, 3.05) is 19.8 Å². The van der Waals surface area contributed by atoms with Crippen molar-refractivity contribution in [2.45, 2.75) is 19.4 Å². The summed E-state index contributed by atoms with van der Waals surface area (Å²) in [5, 5.41) is 9.36. The molecule has 1 heterocycles. The Kier molecular flexibility index (Phi) is 3.39. The molecule has 1 aliphatic heterocycles. The number of aliphatic hydroxyl groups excluding tert-OH is 1. The predicted molar refractivity (Wildman–Crippen MR) is 41.2 cm³/mol. The largest absolute Gasteiger partial charge is 0.495 e. The molecule has 11 heavy (non-hydrogen) atoms. The Morgan fingerprint density at radius 3 is 3.18 bits per heavy atom. The lowest BCUT2D eigenvalue weighted by Crippen LogP contribution is -2.18. The molecule has 3 heteroatoms. The van der Waals surface area contributed by atoms with Gasteiger partial charge < -0.3 is 14.6 Å². The summed E-state index contributed by atoms with van der Waals surface area (Å²) in [4.78, 5) is 0. The Morgan fingerprint density at radius 1 is 1.82 bits per heavy atom. The van der Waals surface area contributed by atoms with Gasteiger partial charge in [0.15, 0.2) is 0 Å². The van der Waals surface area contributed by atoms with Gasteiger partial charge in [-0.2, -0.15) is 0 Å². The van der Waals surface area contributed by atoms with Gasteiger partial charge in [-0.3, -0.25) is 0 Å². The highest BCUT2D eigenvalue weighted by Crippen LogP contribution is 2.13. The van der Waals surface area contributed by atoms with Crippen LogP contribution in [0.3, 0.4) is 0 Å². The molecule has 1 N–H and O–H groups in total. The first-order valence-electron chi connectivity index (χ1n) is 3.93. The molecule has 0 aromatic rings. The van der Waals surface area contributed by atoms with Crippen molar-refractivity contribution in [3.05, 3.63) is 11.8 Å². The molecular formula is C8H14O3. The average molecular weight is 158 g/mol. The van der Waals surface area contributed by atoms with Crippen LogP contribution in [0.2, 0.25) is 0 Å². The van der Waals surface area contributed by atoms with Gasteiger partial charge in [-0.25, -0.2) is 0 Å². The highest BCUT2D eigenvalue weighted by atomic mass is 16.5. The third kappa shape index (κ3) is 2.52. The highest BCUT2D eigenvalue weighted by molar-refractivity contribution is 5.03. The quantitative estimate of drug-likeness (QED) is 0.654. The molecule has 1 unspecified atom stereocenters. The summed E-state index contributed by atoms with van der Waals surface area (Å²) < 4.78 is 10.2. The van der Waals surface area contributed by atoms with Crippen molar-refractivity contribution in [1.29, 1.82) is 0 Å². The molecule has 0 spiro atoms. The summed E-state index contributed by atoms with van der Waals surface area (Å²) in [5.41, 5.74) is 0. The first-order chi connectivity index (χ1) is 5.34. The maximum Gasteiger partial charge on any atom is 0.134 e. The van der Waals surface area contributed by atoms with Gasteiger partial charge in [0.05, 0.1) is 13.2 Å². The van der Waals surface area contributed by atoms with E-state index in [1.165, 1.54) is 0 Å². The molecule has 0 amide bonds. The summed E-state index contributed by atoms with van der Waals surface area (Å²) in [7, 11) is 0. The molecule has 0 aliphatic carbocycles. The lowest BCUT2D eigenvalue weighted by atomic mass is 10.3. The van der Waals surface area contributed by atoms with Gasteiger partial charge in [0.2, 0.25) is 0 Å². The van der Waals surface area contributed by atoms with E-state index in [1.807, 2.05) is 13.0 Å². The van der Waals surface area contributed by atoms with Gasteiger partial charge >= 0.3 is 0 Å². The zero-order valence-electron chi connectivity index (χ0n) is 6.75. The molecule has 3 nitrogen and oxygen atoms in total. The second-order valence-electron chi connectivity index (χ2n) is 2.42. The molecule has 0 aromatic heterocycles. The van der Waals surface area contributed by atoms with Crippen LogP contribution in [0.25, 0.3) is 0 Å². The van der Waals surface area contributed by atoms with Crippen LogP contribution < -0.4 is 0 Å². The van der Waals surface area contributed by atoms with Crippen LogP contribution in [0.1, 0.15) is 13.3 Å². The van der Waals surface area contributed by atoms with Gasteiger partial charge in [-0.15, -0.1) is 0 Å². The molecule has 0 radical (unpaired) electrons. The summed E-state index contributed by atoms with van der Waals surface area (Å²) in [5.74, 6) is 0.665. The zero-order chi connectivity index (χ0) is 8.10. The van der Waals surface area contributed by atoms with E-state index in [4.69, 9.17) is 9.47 Å². The van der Waals surface area contributed by atoms with E-state index < -0.39 is 6.10 Å². The maximum absolute atomic E-state index is 9.36. The molecule has 0 aromatic carbocycles. The molecule has 1 rings (SSSR count). The molecule has 0 bridgehead atoms. The van der Waals surface area contributed by atoms with Crippen LogP contribution in [0.4, 0.5) is 0 Å². The van der Waals surface area contributed by atoms with E-state index in [-0.39, 0.29) is 0 Å². The Bertz CT molecular complexity index is 142. The van der Waals surface area contributed by atoms with Crippen molar-refractivity contribution >= 4 is 0 Å². The van der Waals surface area contributed by atoms with E-state index in [0.717, 1.165) is 6.42 Å². The third-order valence-corrected chi connectivity index (χ3v) is 1.54. The minimum atomic E-state index is -0.572. The zero-order valence-corrected chi connectivity index (χ0v) is 6.75. The predicted octanol–water partition coefficient (Wildman–Crippen LogP) is 0.688.